The summed E-state index contributed by atoms with van der Waals surface area (Å²) in [5, 5.41) is 4.27. The van der Waals surface area contributed by atoms with Crippen LogP contribution in [0.25, 0.3) is 16.6 Å². The number of aromatic nitrogens is 2. The van der Waals surface area contributed by atoms with E-state index in [1.165, 1.54) is 4.90 Å². The van der Waals surface area contributed by atoms with E-state index in [1.54, 1.807) is 22.8 Å². The zero-order valence-corrected chi connectivity index (χ0v) is 20.6. The van der Waals surface area contributed by atoms with Crippen molar-refractivity contribution in [2.24, 2.45) is 17.8 Å². The van der Waals surface area contributed by atoms with Crippen molar-refractivity contribution >= 4 is 28.4 Å². The number of benzene rings is 3. The number of hydrogen-bond acceptors (Lipinski definition) is 5. The monoisotopic (exact) mass is 490 g/mol. The number of para-hydroxylation sites is 3. The Kier molecular flexibility index (Phi) is 4.60. The van der Waals surface area contributed by atoms with Gasteiger partial charge in [-0.2, -0.15) is 0 Å². The maximum atomic E-state index is 14.3. The van der Waals surface area contributed by atoms with Crippen molar-refractivity contribution in [3.8, 4) is 5.69 Å². The number of carbonyl (C=O) groups is 2. The molecular formula is C30H26N4O3. The SMILES string of the molecule is CC(C)C[C@@H]1N[C@]2(c3ccccc3-n3c2nc2ccccc2c3=O)[C@H]2C(=O)N(c3ccccc3)C(=O)[C@@H]12. The standard InChI is InChI=1S/C30H26N4O3/c1-17(2)16-22-24-25(28(37)33(27(24)36)18-10-4-3-5-11-18)30(32-22)20-13-7-9-15-23(20)34-26(35)19-12-6-8-14-21(19)31-29(30)34/h3-15,17,22,24-25,32H,16H2,1-2H3/t22-,24-,25+,30+/m0/s1. The third-order valence-corrected chi connectivity index (χ3v) is 8.10. The first-order chi connectivity index (χ1) is 17.9. The number of hydrogen-bond donors (Lipinski definition) is 1. The van der Waals surface area contributed by atoms with Crippen LogP contribution in [0.1, 0.15) is 31.7 Å². The first-order valence-electron chi connectivity index (χ1n) is 12.8. The maximum Gasteiger partial charge on any atom is 0.266 e. The number of anilines is 1. The lowest BCUT2D eigenvalue weighted by Crippen LogP contribution is -2.50. The Morgan fingerprint density at radius 1 is 0.892 bits per heavy atom. The summed E-state index contributed by atoms with van der Waals surface area (Å²) in [5.74, 6) is -0.981. The Labute approximate surface area is 213 Å². The van der Waals surface area contributed by atoms with Crippen LogP contribution in [0.4, 0.5) is 5.69 Å². The van der Waals surface area contributed by atoms with E-state index < -0.39 is 17.4 Å². The molecule has 3 aliphatic heterocycles. The van der Waals surface area contributed by atoms with Gasteiger partial charge in [-0.3, -0.25) is 24.3 Å². The predicted molar refractivity (Wildman–Crippen MR) is 140 cm³/mol. The quantitative estimate of drug-likeness (QED) is 0.442. The maximum absolute atomic E-state index is 14.3. The molecule has 4 aromatic rings. The van der Waals surface area contributed by atoms with Gasteiger partial charge in [0.05, 0.1) is 34.1 Å². The van der Waals surface area contributed by atoms with Crippen LogP contribution in [0.3, 0.4) is 0 Å². The number of nitrogens with one attached hydrogen (secondary N) is 1. The van der Waals surface area contributed by atoms with E-state index in [2.05, 4.69) is 19.2 Å². The lowest BCUT2D eigenvalue weighted by Gasteiger charge is -2.32. The van der Waals surface area contributed by atoms with Crippen LogP contribution in [-0.4, -0.2) is 27.4 Å². The van der Waals surface area contributed by atoms with Crippen LogP contribution >= 0.6 is 0 Å². The fourth-order valence-electron chi connectivity index (χ4n) is 6.76. The molecule has 0 saturated carbocycles. The molecule has 3 aromatic carbocycles. The Balaban J connectivity index is 1.53. The van der Waals surface area contributed by atoms with Gasteiger partial charge in [0.1, 0.15) is 11.4 Å². The van der Waals surface area contributed by atoms with Gasteiger partial charge < -0.3 is 0 Å². The highest BCUT2D eigenvalue weighted by atomic mass is 16.2. The van der Waals surface area contributed by atoms with Crippen LogP contribution in [0.15, 0.2) is 83.7 Å². The van der Waals surface area contributed by atoms with Gasteiger partial charge in [-0.05, 0) is 42.7 Å². The Hall–Kier alpha value is -4.10. The fourth-order valence-corrected chi connectivity index (χ4v) is 6.76. The molecule has 4 heterocycles. The minimum atomic E-state index is -1.10. The molecule has 7 nitrogen and oxygen atoms in total. The minimum Gasteiger partial charge on any atom is -0.297 e. The molecule has 7 heteroatoms. The molecule has 2 saturated heterocycles. The third-order valence-electron chi connectivity index (χ3n) is 8.10. The van der Waals surface area contributed by atoms with Gasteiger partial charge in [-0.15, -0.1) is 0 Å². The van der Waals surface area contributed by atoms with E-state index in [1.807, 2.05) is 60.7 Å². The summed E-state index contributed by atoms with van der Waals surface area (Å²) in [6.45, 7) is 4.23. The summed E-state index contributed by atoms with van der Waals surface area (Å²) >= 11 is 0. The van der Waals surface area contributed by atoms with Crippen LogP contribution in [0.2, 0.25) is 0 Å². The average Bonchev–Trinajstić information content (AvgIpc) is 3.47. The fraction of sp³-hybridized carbons (Fsp3) is 0.267. The molecule has 2 amide bonds. The average molecular weight is 491 g/mol. The molecule has 1 spiro atoms. The Bertz CT molecular complexity index is 1660. The van der Waals surface area contributed by atoms with Gasteiger partial charge in [0.15, 0.2) is 0 Å². The normalized spacial score (nSPS) is 25.8. The van der Waals surface area contributed by atoms with Crippen molar-refractivity contribution in [2.75, 3.05) is 4.90 Å². The van der Waals surface area contributed by atoms with Gasteiger partial charge >= 0.3 is 0 Å². The highest BCUT2D eigenvalue weighted by molar-refractivity contribution is 6.23. The lowest BCUT2D eigenvalue weighted by atomic mass is 9.75. The summed E-state index contributed by atoms with van der Waals surface area (Å²) in [6, 6.07) is 23.8. The Morgan fingerprint density at radius 3 is 2.38 bits per heavy atom. The number of amides is 2. The molecule has 0 radical (unpaired) electrons. The molecule has 7 rings (SSSR count). The van der Waals surface area contributed by atoms with E-state index >= 15 is 0 Å². The summed E-state index contributed by atoms with van der Waals surface area (Å²) in [5.41, 5.74) is 1.39. The molecule has 4 atom stereocenters. The van der Waals surface area contributed by atoms with Crippen LogP contribution in [0.5, 0.6) is 0 Å². The Morgan fingerprint density at radius 2 is 1.59 bits per heavy atom. The molecule has 0 bridgehead atoms. The number of imide groups is 1. The second kappa shape index (κ2) is 7.70. The summed E-state index contributed by atoms with van der Waals surface area (Å²) in [6.07, 6.45) is 0.713. The predicted octanol–water partition coefficient (Wildman–Crippen LogP) is 3.77. The third kappa shape index (κ3) is 2.80. The number of rotatable bonds is 3. The first-order valence-corrected chi connectivity index (χ1v) is 12.8. The van der Waals surface area contributed by atoms with Crippen molar-refractivity contribution in [1.29, 1.82) is 0 Å². The van der Waals surface area contributed by atoms with Crippen molar-refractivity contribution in [3.63, 3.8) is 0 Å². The smallest absolute Gasteiger partial charge is 0.266 e. The van der Waals surface area contributed by atoms with E-state index in [9.17, 15) is 14.4 Å². The van der Waals surface area contributed by atoms with Crippen molar-refractivity contribution in [2.45, 2.75) is 31.8 Å². The van der Waals surface area contributed by atoms with E-state index in [-0.39, 0.29) is 23.4 Å². The second-order valence-corrected chi connectivity index (χ2v) is 10.6. The van der Waals surface area contributed by atoms with Gasteiger partial charge in [0, 0.05) is 11.6 Å². The van der Waals surface area contributed by atoms with Crippen molar-refractivity contribution in [1.82, 2.24) is 14.9 Å². The molecule has 0 aliphatic carbocycles. The van der Waals surface area contributed by atoms with E-state index in [0.717, 1.165) is 5.56 Å². The zero-order valence-electron chi connectivity index (χ0n) is 20.6. The summed E-state index contributed by atoms with van der Waals surface area (Å²) < 4.78 is 1.64. The van der Waals surface area contributed by atoms with E-state index in [0.29, 0.717) is 40.4 Å². The topological polar surface area (TPSA) is 84.3 Å². The first kappa shape index (κ1) is 22.1. The molecule has 3 aliphatic rings. The van der Waals surface area contributed by atoms with Crippen molar-refractivity contribution in [3.05, 3.63) is 101 Å². The van der Waals surface area contributed by atoms with Gasteiger partial charge in [0.2, 0.25) is 11.8 Å². The second-order valence-electron chi connectivity index (χ2n) is 10.6. The molecule has 37 heavy (non-hydrogen) atoms. The van der Waals surface area contributed by atoms with Gasteiger partial charge in [-0.1, -0.05) is 62.4 Å². The van der Waals surface area contributed by atoms with Crippen LogP contribution < -0.4 is 15.8 Å². The molecular weight excluding hydrogens is 464 g/mol. The highest BCUT2D eigenvalue weighted by Crippen LogP contribution is 2.56. The summed E-state index contributed by atoms with van der Waals surface area (Å²) in [7, 11) is 0. The molecule has 1 aromatic heterocycles. The highest BCUT2D eigenvalue weighted by Gasteiger charge is 2.69. The lowest BCUT2D eigenvalue weighted by molar-refractivity contribution is -0.123. The van der Waals surface area contributed by atoms with E-state index in [4.69, 9.17) is 4.98 Å². The van der Waals surface area contributed by atoms with Crippen LogP contribution in [-0.2, 0) is 15.1 Å². The number of nitrogens with zero attached hydrogens (tertiary/aromatic N) is 3. The summed E-state index contributed by atoms with van der Waals surface area (Å²) in [4.78, 5) is 48.5. The largest absolute Gasteiger partial charge is 0.297 e. The molecule has 2 fully saturated rings. The number of fused-ring (bicyclic) bond motifs is 8. The van der Waals surface area contributed by atoms with Crippen LogP contribution in [0, 0.1) is 17.8 Å². The van der Waals surface area contributed by atoms with Gasteiger partial charge in [-0.25, -0.2) is 9.88 Å². The number of carbonyl (C=O) groups excluding carboxylic acids is 2. The molecule has 1 N–H and O–H groups in total. The van der Waals surface area contributed by atoms with Crippen molar-refractivity contribution < 1.29 is 9.59 Å². The van der Waals surface area contributed by atoms with Gasteiger partial charge in [0.25, 0.3) is 5.56 Å². The minimum absolute atomic E-state index is 0.174. The zero-order chi connectivity index (χ0) is 25.5. The molecule has 184 valence electrons. The molecule has 0 unspecified atom stereocenters.